The summed E-state index contributed by atoms with van der Waals surface area (Å²) in [4.78, 5) is 12.8. The third-order valence-electron chi connectivity index (χ3n) is 4.36. The average molecular weight is 412 g/mol. The number of nitrogens with two attached hydrogens (primary N) is 1. The molecule has 1 aromatic carbocycles. The van der Waals surface area contributed by atoms with Crippen LogP contribution in [-0.4, -0.2) is 37.6 Å². The van der Waals surface area contributed by atoms with Crippen LogP contribution in [0.5, 0.6) is 0 Å². The Morgan fingerprint density at radius 3 is 2.77 bits per heavy atom. The SMILES string of the molecule is CO/C(=C(/CO)C(=O)/C=C/c1cccc(C(N)=NN=N)c1)c1ccoc1C(C)OC. The third kappa shape index (κ3) is 5.28. The summed E-state index contributed by atoms with van der Waals surface area (Å²) in [5.74, 6) is 0.352. The van der Waals surface area contributed by atoms with Gasteiger partial charge in [-0.25, -0.2) is 0 Å². The van der Waals surface area contributed by atoms with Crippen molar-refractivity contribution in [2.24, 2.45) is 16.1 Å². The van der Waals surface area contributed by atoms with Crippen molar-refractivity contribution in [3.8, 4) is 0 Å². The molecule has 0 spiro atoms. The van der Waals surface area contributed by atoms with Gasteiger partial charge in [0.25, 0.3) is 0 Å². The number of carbonyl (C=O) groups is 1. The number of furan rings is 1. The maximum atomic E-state index is 12.8. The quantitative estimate of drug-likeness (QED) is 0.136. The molecule has 1 atom stereocenters. The Labute approximate surface area is 174 Å². The summed E-state index contributed by atoms with van der Waals surface area (Å²) in [5, 5.41) is 16.2. The molecule has 2 aromatic rings. The molecule has 0 aliphatic rings. The first-order chi connectivity index (χ1) is 14.5. The van der Waals surface area contributed by atoms with E-state index in [4.69, 9.17) is 25.2 Å². The van der Waals surface area contributed by atoms with Crippen molar-refractivity contribution < 1.29 is 23.8 Å². The number of aliphatic hydroxyl groups is 1. The molecule has 1 aromatic heterocycles. The van der Waals surface area contributed by atoms with E-state index >= 15 is 0 Å². The predicted molar refractivity (Wildman–Crippen MR) is 112 cm³/mol. The molecule has 0 saturated heterocycles. The number of benzene rings is 1. The molecule has 0 aliphatic heterocycles. The van der Waals surface area contributed by atoms with Crippen molar-refractivity contribution in [3.63, 3.8) is 0 Å². The number of hydrogen-bond acceptors (Lipinski definition) is 7. The maximum Gasteiger partial charge on any atom is 0.187 e. The lowest BCUT2D eigenvalue weighted by atomic mass is 10.0. The van der Waals surface area contributed by atoms with Crippen molar-refractivity contribution in [3.05, 3.63) is 70.7 Å². The molecule has 4 N–H and O–H groups in total. The van der Waals surface area contributed by atoms with Crippen LogP contribution in [0.3, 0.4) is 0 Å². The van der Waals surface area contributed by atoms with Crippen LogP contribution < -0.4 is 5.73 Å². The highest BCUT2D eigenvalue weighted by atomic mass is 16.5. The van der Waals surface area contributed by atoms with E-state index < -0.39 is 12.4 Å². The number of nitrogens with zero attached hydrogens (tertiary/aromatic N) is 2. The van der Waals surface area contributed by atoms with Crippen molar-refractivity contribution in [1.82, 2.24) is 0 Å². The van der Waals surface area contributed by atoms with Crippen LogP contribution in [0.2, 0.25) is 0 Å². The van der Waals surface area contributed by atoms with Gasteiger partial charge < -0.3 is 24.7 Å². The van der Waals surface area contributed by atoms with Gasteiger partial charge in [0, 0.05) is 12.7 Å². The summed E-state index contributed by atoms with van der Waals surface area (Å²) < 4.78 is 16.2. The number of allylic oxidation sites excluding steroid dienone is 1. The highest BCUT2D eigenvalue weighted by Crippen LogP contribution is 2.30. The fourth-order valence-corrected chi connectivity index (χ4v) is 2.77. The number of ketones is 1. The predicted octanol–water partition coefficient (Wildman–Crippen LogP) is 3.27. The van der Waals surface area contributed by atoms with Gasteiger partial charge in [-0.15, -0.1) is 5.10 Å². The minimum Gasteiger partial charge on any atom is -0.495 e. The molecule has 9 nitrogen and oxygen atoms in total. The van der Waals surface area contributed by atoms with E-state index in [9.17, 15) is 9.90 Å². The fourth-order valence-electron chi connectivity index (χ4n) is 2.77. The van der Waals surface area contributed by atoms with Crippen molar-refractivity contribution in [2.75, 3.05) is 20.8 Å². The first-order valence-electron chi connectivity index (χ1n) is 8.98. The van der Waals surface area contributed by atoms with Gasteiger partial charge in [0.05, 0.1) is 31.1 Å². The first-order valence-corrected chi connectivity index (χ1v) is 8.98. The van der Waals surface area contributed by atoms with Crippen LogP contribution in [0.25, 0.3) is 11.8 Å². The maximum absolute atomic E-state index is 12.8. The van der Waals surface area contributed by atoms with Crippen LogP contribution in [0.4, 0.5) is 0 Å². The van der Waals surface area contributed by atoms with E-state index in [1.54, 1.807) is 43.3 Å². The van der Waals surface area contributed by atoms with E-state index in [1.165, 1.54) is 26.6 Å². The van der Waals surface area contributed by atoms with Gasteiger partial charge in [-0.05, 0) is 30.7 Å². The van der Waals surface area contributed by atoms with Gasteiger partial charge in [-0.3, -0.25) is 4.79 Å². The third-order valence-corrected chi connectivity index (χ3v) is 4.36. The minimum atomic E-state index is -0.525. The molecule has 1 heterocycles. The van der Waals surface area contributed by atoms with Crippen LogP contribution in [0.15, 0.2) is 63.0 Å². The lowest BCUT2D eigenvalue weighted by Gasteiger charge is -2.13. The van der Waals surface area contributed by atoms with Crippen LogP contribution in [0.1, 0.15) is 35.5 Å². The highest BCUT2D eigenvalue weighted by Gasteiger charge is 2.22. The Balaban J connectivity index is 2.38. The number of amidine groups is 1. The summed E-state index contributed by atoms with van der Waals surface area (Å²) >= 11 is 0. The number of nitrogens with one attached hydrogen (secondary N) is 1. The summed E-state index contributed by atoms with van der Waals surface area (Å²) in [6.45, 7) is 1.27. The Morgan fingerprint density at radius 1 is 1.37 bits per heavy atom. The standard InChI is InChI=1S/C21H24N4O5/c1-13(28-2)19-16(9-10-30-19)20(29-3)17(12-26)18(27)8-7-14-5-4-6-15(11-14)21(22)24-25-23/h4-11,13,26H,12H2,1-3H3,(H3,22,23,24)/b8-7+,20-17-. The van der Waals surface area contributed by atoms with Crippen LogP contribution >= 0.6 is 0 Å². The minimum absolute atomic E-state index is 0.0740. The molecule has 2 rings (SSSR count). The molecular formula is C21H24N4O5. The van der Waals surface area contributed by atoms with Crippen molar-refractivity contribution >= 4 is 23.5 Å². The molecule has 0 bridgehead atoms. The van der Waals surface area contributed by atoms with Crippen molar-refractivity contribution in [2.45, 2.75) is 13.0 Å². The summed E-state index contributed by atoms with van der Waals surface area (Å²) in [6.07, 6.45) is 4.00. The summed E-state index contributed by atoms with van der Waals surface area (Å²) in [7, 11) is 2.96. The van der Waals surface area contributed by atoms with Gasteiger partial charge in [-0.1, -0.05) is 29.5 Å². The van der Waals surface area contributed by atoms with Crippen LogP contribution in [-0.2, 0) is 14.3 Å². The number of methoxy groups -OCH3 is 2. The molecule has 0 amide bonds. The van der Waals surface area contributed by atoms with Gasteiger partial charge in [0.1, 0.15) is 17.6 Å². The van der Waals surface area contributed by atoms with Gasteiger partial charge in [0.15, 0.2) is 11.6 Å². The second-order valence-corrected chi connectivity index (χ2v) is 6.15. The topological polar surface area (TPSA) is 143 Å². The number of aliphatic hydroxyl groups excluding tert-OH is 1. The smallest absolute Gasteiger partial charge is 0.187 e. The summed E-state index contributed by atoms with van der Waals surface area (Å²) in [5.41, 5.74) is 14.3. The fraction of sp³-hybridized carbons (Fsp3) is 0.238. The monoisotopic (exact) mass is 412 g/mol. The normalized spacial score (nSPS) is 13.8. The number of ether oxygens (including phenoxy) is 2. The molecule has 1 unspecified atom stereocenters. The zero-order chi connectivity index (χ0) is 22.1. The lowest BCUT2D eigenvalue weighted by molar-refractivity contribution is -0.111. The van der Waals surface area contributed by atoms with E-state index in [-0.39, 0.29) is 23.3 Å². The van der Waals surface area contributed by atoms with E-state index in [2.05, 4.69) is 10.3 Å². The zero-order valence-electron chi connectivity index (χ0n) is 17.0. The van der Waals surface area contributed by atoms with Gasteiger partial charge in [-0.2, -0.15) is 5.53 Å². The number of hydrogen-bond donors (Lipinski definition) is 3. The van der Waals surface area contributed by atoms with Gasteiger partial charge in [0.2, 0.25) is 0 Å². The second-order valence-electron chi connectivity index (χ2n) is 6.15. The molecular weight excluding hydrogens is 388 g/mol. The molecule has 9 heteroatoms. The lowest BCUT2D eigenvalue weighted by Crippen LogP contribution is -2.12. The Bertz CT molecular complexity index is 991. The molecule has 0 saturated carbocycles. The number of carbonyl (C=O) groups excluding carboxylic acids is 1. The molecule has 158 valence electrons. The average Bonchev–Trinajstić information content (AvgIpc) is 3.25. The Kier molecular flexibility index (Phi) is 8.21. The highest BCUT2D eigenvalue weighted by molar-refractivity contribution is 6.10. The Morgan fingerprint density at radius 2 is 2.13 bits per heavy atom. The van der Waals surface area contributed by atoms with E-state index in [0.717, 1.165) is 0 Å². The first kappa shape index (κ1) is 22.7. The van der Waals surface area contributed by atoms with Crippen molar-refractivity contribution in [1.29, 1.82) is 5.53 Å². The van der Waals surface area contributed by atoms with E-state index in [0.29, 0.717) is 22.5 Å². The molecule has 0 aliphatic carbocycles. The zero-order valence-corrected chi connectivity index (χ0v) is 17.0. The largest absolute Gasteiger partial charge is 0.495 e. The Hall–Kier alpha value is -3.56. The van der Waals surface area contributed by atoms with E-state index in [1.807, 2.05) is 0 Å². The molecule has 0 fully saturated rings. The second kappa shape index (κ2) is 10.8. The molecule has 0 radical (unpaired) electrons. The molecule has 30 heavy (non-hydrogen) atoms. The summed E-state index contributed by atoms with van der Waals surface area (Å²) in [6, 6.07) is 8.56. The van der Waals surface area contributed by atoms with Crippen LogP contribution in [0, 0.1) is 5.53 Å². The number of rotatable bonds is 10. The van der Waals surface area contributed by atoms with Gasteiger partial charge >= 0.3 is 0 Å².